The fraction of sp³-hybridized carbons (Fsp3) is 0.0500. The summed E-state index contributed by atoms with van der Waals surface area (Å²) in [5.74, 6) is 0. The van der Waals surface area contributed by atoms with Gasteiger partial charge < -0.3 is 5.32 Å². The first-order valence-corrected chi connectivity index (χ1v) is 7.42. The highest BCUT2D eigenvalue weighted by Gasteiger charge is 2.06. The van der Waals surface area contributed by atoms with Crippen LogP contribution in [0.2, 0.25) is 0 Å². The van der Waals surface area contributed by atoms with Crippen molar-refractivity contribution in [1.82, 2.24) is 4.98 Å². The molecule has 0 radical (unpaired) electrons. The summed E-state index contributed by atoms with van der Waals surface area (Å²) >= 11 is 0. The van der Waals surface area contributed by atoms with E-state index in [4.69, 9.17) is 0 Å². The van der Waals surface area contributed by atoms with Crippen molar-refractivity contribution in [3.05, 3.63) is 78.5 Å². The zero-order chi connectivity index (χ0) is 14.9. The van der Waals surface area contributed by atoms with Crippen LogP contribution in [0.15, 0.2) is 72.8 Å². The van der Waals surface area contributed by atoms with Gasteiger partial charge >= 0.3 is 0 Å². The maximum Gasteiger partial charge on any atom is 0.0726 e. The lowest BCUT2D eigenvalue weighted by atomic mass is 10.1. The lowest BCUT2D eigenvalue weighted by molar-refractivity contribution is 1.25. The lowest BCUT2D eigenvalue weighted by Crippen LogP contribution is -1.95. The fourth-order valence-corrected chi connectivity index (χ4v) is 2.89. The summed E-state index contributed by atoms with van der Waals surface area (Å²) in [4.78, 5) is 4.60. The van der Waals surface area contributed by atoms with Gasteiger partial charge in [0.05, 0.1) is 5.52 Å². The van der Waals surface area contributed by atoms with Gasteiger partial charge in [-0.1, -0.05) is 54.6 Å². The molecule has 1 aromatic heterocycles. The summed E-state index contributed by atoms with van der Waals surface area (Å²) < 4.78 is 0. The molecule has 0 aliphatic rings. The molecule has 4 aromatic rings. The quantitative estimate of drug-likeness (QED) is 0.530. The van der Waals surface area contributed by atoms with Crippen molar-refractivity contribution in [2.75, 3.05) is 5.32 Å². The molecule has 0 atom stereocenters. The normalized spacial score (nSPS) is 11.0. The molecule has 0 aliphatic heterocycles. The van der Waals surface area contributed by atoms with Gasteiger partial charge in [0.2, 0.25) is 0 Å². The average Bonchev–Trinajstić information content (AvgIpc) is 2.55. The number of hydrogen-bond donors (Lipinski definition) is 1. The Balaban J connectivity index is 1.90. The van der Waals surface area contributed by atoms with Gasteiger partial charge in [0.15, 0.2) is 0 Å². The second-order valence-electron chi connectivity index (χ2n) is 5.48. The Kier molecular flexibility index (Phi) is 3.01. The number of fused-ring (bicyclic) bond motifs is 2. The zero-order valence-corrected chi connectivity index (χ0v) is 12.4. The zero-order valence-electron chi connectivity index (χ0n) is 12.4. The van der Waals surface area contributed by atoms with E-state index in [1.54, 1.807) is 0 Å². The number of pyridine rings is 1. The molecule has 2 nitrogen and oxygen atoms in total. The van der Waals surface area contributed by atoms with E-state index >= 15 is 0 Å². The monoisotopic (exact) mass is 284 g/mol. The van der Waals surface area contributed by atoms with E-state index in [1.807, 2.05) is 19.1 Å². The minimum Gasteiger partial charge on any atom is -0.354 e. The van der Waals surface area contributed by atoms with Gasteiger partial charge in [-0.25, -0.2) is 0 Å². The number of anilines is 2. The molecule has 106 valence electrons. The largest absolute Gasteiger partial charge is 0.354 e. The van der Waals surface area contributed by atoms with Gasteiger partial charge in [-0.15, -0.1) is 0 Å². The van der Waals surface area contributed by atoms with Gasteiger partial charge in [-0.2, -0.15) is 0 Å². The summed E-state index contributed by atoms with van der Waals surface area (Å²) in [6.45, 7) is 2.03. The van der Waals surface area contributed by atoms with Crippen molar-refractivity contribution in [2.24, 2.45) is 0 Å². The van der Waals surface area contributed by atoms with Crippen molar-refractivity contribution in [2.45, 2.75) is 6.92 Å². The SMILES string of the molecule is Cc1cc(Nc2cccc3ccccc23)c2ccccc2n1. The molecule has 0 saturated heterocycles. The summed E-state index contributed by atoms with van der Waals surface area (Å²) in [5.41, 5.74) is 4.25. The third kappa shape index (κ3) is 2.19. The van der Waals surface area contributed by atoms with Crippen molar-refractivity contribution in [3.63, 3.8) is 0 Å². The molecular formula is C20H16N2. The first-order valence-electron chi connectivity index (χ1n) is 7.42. The number of hydrogen-bond acceptors (Lipinski definition) is 2. The molecule has 0 unspecified atom stereocenters. The summed E-state index contributed by atoms with van der Waals surface area (Å²) in [7, 11) is 0. The fourth-order valence-electron chi connectivity index (χ4n) is 2.89. The van der Waals surface area contributed by atoms with Crippen LogP contribution in [0.3, 0.4) is 0 Å². The Labute approximate surface area is 129 Å². The second-order valence-corrected chi connectivity index (χ2v) is 5.48. The highest BCUT2D eigenvalue weighted by Crippen LogP contribution is 2.30. The second kappa shape index (κ2) is 5.15. The van der Waals surface area contributed by atoms with Gasteiger partial charge in [0, 0.05) is 27.8 Å². The van der Waals surface area contributed by atoms with Crippen LogP contribution in [0.1, 0.15) is 5.69 Å². The molecule has 22 heavy (non-hydrogen) atoms. The molecule has 0 amide bonds. The molecule has 0 saturated carbocycles. The lowest BCUT2D eigenvalue weighted by Gasteiger charge is -2.13. The van der Waals surface area contributed by atoms with E-state index < -0.39 is 0 Å². The highest BCUT2D eigenvalue weighted by atomic mass is 14.9. The van der Waals surface area contributed by atoms with E-state index in [0.29, 0.717) is 0 Å². The standard InChI is InChI=1S/C20H16N2/c1-14-13-20(17-10-4-5-11-19(17)21-14)22-18-12-6-8-15-7-2-3-9-16(15)18/h2-13H,1H3,(H,21,22). The Morgan fingerprint density at radius 3 is 2.36 bits per heavy atom. The van der Waals surface area contributed by atoms with Crippen LogP contribution in [0.5, 0.6) is 0 Å². The van der Waals surface area contributed by atoms with E-state index in [-0.39, 0.29) is 0 Å². The van der Waals surface area contributed by atoms with Crippen molar-refractivity contribution >= 4 is 33.1 Å². The number of para-hydroxylation sites is 1. The van der Waals surface area contributed by atoms with Crippen LogP contribution in [0.25, 0.3) is 21.7 Å². The number of aromatic nitrogens is 1. The van der Waals surface area contributed by atoms with Gasteiger partial charge in [-0.3, -0.25) is 4.98 Å². The van der Waals surface area contributed by atoms with E-state index in [0.717, 1.165) is 28.0 Å². The predicted octanol–water partition coefficient (Wildman–Crippen LogP) is 5.44. The Hall–Kier alpha value is -2.87. The highest BCUT2D eigenvalue weighted by molar-refractivity contribution is 5.99. The Morgan fingerprint density at radius 1 is 0.727 bits per heavy atom. The predicted molar refractivity (Wildman–Crippen MR) is 93.7 cm³/mol. The van der Waals surface area contributed by atoms with E-state index in [2.05, 4.69) is 71.0 Å². The molecule has 1 heterocycles. The third-order valence-corrected chi connectivity index (χ3v) is 3.90. The number of nitrogens with zero attached hydrogens (tertiary/aromatic N) is 1. The molecule has 0 bridgehead atoms. The average molecular weight is 284 g/mol. The smallest absolute Gasteiger partial charge is 0.0726 e. The third-order valence-electron chi connectivity index (χ3n) is 3.90. The van der Waals surface area contributed by atoms with Gasteiger partial charge in [0.1, 0.15) is 0 Å². The van der Waals surface area contributed by atoms with Gasteiger partial charge in [-0.05, 0) is 30.5 Å². The minimum atomic E-state index is 1.02. The number of rotatable bonds is 2. The van der Waals surface area contributed by atoms with Crippen LogP contribution in [0.4, 0.5) is 11.4 Å². The van der Waals surface area contributed by atoms with Crippen molar-refractivity contribution < 1.29 is 0 Å². The maximum absolute atomic E-state index is 4.60. The molecule has 0 spiro atoms. The Bertz CT molecular complexity index is 968. The molecule has 0 fully saturated rings. The first kappa shape index (κ1) is 12.8. The van der Waals surface area contributed by atoms with Crippen LogP contribution in [-0.2, 0) is 0 Å². The number of aryl methyl sites for hydroxylation is 1. The number of nitrogens with one attached hydrogen (secondary N) is 1. The maximum atomic E-state index is 4.60. The Morgan fingerprint density at radius 2 is 1.45 bits per heavy atom. The van der Waals surface area contributed by atoms with Crippen LogP contribution < -0.4 is 5.32 Å². The topological polar surface area (TPSA) is 24.9 Å². The van der Waals surface area contributed by atoms with Crippen LogP contribution >= 0.6 is 0 Å². The van der Waals surface area contributed by atoms with Crippen LogP contribution in [-0.4, -0.2) is 4.98 Å². The van der Waals surface area contributed by atoms with E-state index in [9.17, 15) is 0 Å². The molecule has 4 rings (SSSR count). The van der Waals surface area contributed by atoms with Crippen LogP contribution in [0, 0.1) is 6.92 Å². The summed E-state index contributed by atoms with van der Waals surface area (Å²) in [5, 5.41) is 7.19. The first-order chi connectivity index (χ1) is 10.8. The minimum absolute atomic E-state index is 1.02. The van der Waals surface area contributed by atoms with Gasteiger partial charge in [0.25, 0.3) is 0 Å². The molecular weight excluding hydrogens is 268 g/mol. The van der Waals surface area contributed by atoms with Crippen molar-refractivity contribution in [1.29, 1.82) is 0 Å². The molecule has 3 aromatic carbocycles. The molecule has 2 heteroatoms. The molecule has 0 aliphatic carbocycles. The summed E-state index contributed by atoms with van der Waals surface area (Å²) in [6, 6.07) is 25.1. The van der Waals surface area contributed by atoms with Crippen molar-refractivity contribution in [3.8, 4) is 0 Å². The van der Waals surface area contributed by atoms with E-state index in [1.165, 1.54) is 10.8 Å². The molecule has 1 N–H and O–H groups in total. The number of benzene rings is 3. The summed E-state index contributed by atoms with van der Waals surface area (Å²) in [6.07, 6.45) is 0.